The van der Waals surface area contributed by atoms with Gasteiger partial charge in [0.1, 0.15) is 5.82 Å². The molecule has 0 saturated heterocycles. The van der Waals surface area contributed by atoms with E-state index < -0.39 is 6.10 Å². The minimum absolute atomic E-state index is 0.0701. The number of Topliss-reactive ketones (excluding diaryl/α,β-unsaturated/α-hetero) is 1. The molecule has 2 aromatic carbocycles. The highest BCUT2D eigenvalue weighted by Gasteiger charge is 2.16. The van der Waals surface area contributed by atoms with E-state index in [0.717, 1.165) is 5.57 Å². The fourth-order valence-electron chi connectivity index (χ4n) is 2.83. The number of rotatable bonds is 9. The van der Waals surface area contributed by atoms with Crippen LogP contribution in [0.5, 0.6) is 0 Å². The Bertz CT molecular complexity index is 874. The Kier molecular flexibility index (Phi) is 8.24. The van der Waals surface area contributed by atoms with Crippen molar-refractivity contribution in [2.45, 2.75) is 39.3 Å². The van der Waals surface area contributed by atoms with Crippen molar-refractivity contribution in [1.29, 1.82) is 0 Å². The predicted molar refractivity (Wildman–Crippen MR) is 112 cm³/mol. The van der Waals surface area contributed by atoms with Gasteiger partial charge in [-0.3, -0.25) is 9.59 Å². The molecule has 0 saturated carbocycles. The van der Waals surface area contributed by atoms with Crippen LogP contribution in [-0.2, 0) is 4.79 Å². The summed E-state index contributed by atoms with van der Waals surface area (Å²) < 4.78 is 13.0. The molecule has 0 heterocycles. The maximum absolute atomic E-state index is 13.0. The third-order valence-electron chi connectivity index (χ3n) is 4.38. The molecule has 1 amide bonds. The van der Waals surface area contributed by atoms with Crippen LogP contribution >= 0.6 is 0 Å². The van der Waals surface area contributed by atoms with Gasteiger partial charge in [0.25, 0.3) is 0 Å². The molecule has 2 unspecified atom stereocenters. The van der Waals surface area contributed by atoms with E-state index in [1.54, 1.807) is 43.3 Å². The van der Waals surface area contributed by atoms with E-state index >= 15 is 0 Å². The molecule has 3 N–H and O–H groups in total. The first-order valence-corrected chi connectivity index (χ1v) is 9.52. The molecular weight excluding hydrogens is 371 g/mol. The molecule has 0 aliphatic carbocycles. The van der Waals surface area contributed by atoms with E-state index in [0.29, 0.717) is 23.4 Å². The van der Waals surface area contributed by atoms with E-state index in [4.69, 9.17) is 0 Å². The van der Waals surface area contributed by atoms with E-state index in [1.165, 1.54) is 18.2 Å². The zero-order valence-corrected chi connectivity index (χ0v) is 16.9. The normalized spacial score (nSPS) is 12.7. The summed E-state index contributed by atoms with van der Waals surface area (Å²) in [7, 11) is 0. The van der Waals surface area contributed by atoms with Gasteiger partial charge in [0, 0.05) is 36.3 Å². The van der Waals surface area contributed by atoms with Gasteiger partial charge in [0.15, 0.2) is 5.78 Å². The molecule has 2 atom stereocenters. The number of aliphatic hydroxyl groups is 1. The molecule has 0 fully saturated rings. The van der Waals surface area contributed by atoms with Crippen LogP contribution in [0.25, 0.3) is 0 Å². The monoisotopic (exact) mass is 398 g/mol. The average Bonchev–Trinajstić information content (AvgIpc) is 2.67. The highest BCUT2D eigenvalue weighted by Crippen LogP contribution is 2.17. The van der Waals surface area contributed by atoms with Crippen LogP contribution in [0.15, 0.2) is 60.2 Å². The lowest BCUT2D eigenvalue weighted by Crippen LogP contribution is -2.33. The average molecular weight is 398 g/mol. The second-order valence-corrected chi connectivity index (χ2v) is 7.20. The second kappa shape index (κ2) is 10.6. The summed E-state index contributed by atoms with van der Waals surface area (Å²) in [5.74, 6) is -0.661. The number of ketones is 1. The molecule has 0 aliphatic rings. The van der Waals surface area contributed by atoms with Crippen molar-refractivity contribution in [3.05, 3.63) is 77.1 Å². The number of allylic oxidation sites excluding steroid dienone is 1. The Morgan fingerprint density at radius 1 is 1.14 bits per heavy atom. The van der Waals surface area contributed by atoms with Gasteiger partial charge in [-0.1, -0.05) is 29.8 Å². The Labute approximate surface area is 170 Å². The highest BCUT2D eigenvalue weighted by molar-refractivity contribution is 6.01. The molecular formula is C23H27FN2O3. The predicted octanol–water partition coefficient (Wildman–Crippen LogP) is 4.01. The molecule has 2 rings (SSSR count). The maximum atomic E-state index is 13.0. The lowest BCUT2D eigenvalue weighted by Gasteiger charge is -2.20. The first-order chi connectivity index (χ1) is 13.8. The van der Waals surface area contributed by atoms with Crippen LogP contribution in [0.4, 0.5) is 10.1 Å². The van der Waals surface area contributed by atoms with Crippen LogP contribution in [0.1, 0.15) is 49.2 Å². The summed E-state index contributed by atoms with van der Waals surface area (Å²) in [5.41, 5.74) is 2.57. The third kappa shape index (κ3) is 7.25. The summed E-state index contributed by atoms with van der Waals surface area (Å²) in [4.78, 5) is 24.3. The van der Waals surface area contributed by atoms with Crippen molar-refractivity contribution in [2.75, 3.05) is 11.9 Å². The number of benzene rings is 2. The molecule has 0 aliphatic heterocycles. The topological polar surface area (TPSA) is 78.4 Å². The quantitative estimate of drug-likeness (QED) is 0.440. The molecule has 2 aromatic rings. The number of nitrogens with one attached hydrogen (secondary N) is 2. The lowest BCUT2D eigenvalue weighted by molar-refractivity contribution is -0.111. The molecule has 0 radical (unpaired) electrons. The van der Waals surface area contributed by atoms with Crippen LogP contribution < -0.4 is 10.6 Å². The Hall–Kier alpha value is -2.83. The number of carbonyl (C=O) groups is 2. The minimum atomic E-state index is -0.806. The molecule has 154 valence electrons. The standard InChI is InChI=1S/C23H27FN2O3/c1-15(2)13-22(28)26-20-6-4-5-18(14-20)21(27)11-12-25-16(3)23(29)17-7-9-19(24)10-8-17/h4-10,13-14,16,23,25,29H,11-12H2,1-3H3,(H,26,28). The number of amides is 1. The summed E-state index contributed by atoms with van der Waals surface area (Å²) in [5, 5.41) is 16.2. The van der Waals surface area contributed by atoms with Gasteiger partial charge in [-0.15, -0.1) is 0 Å². The van der Waals surface area contributed by atoms with Crippen molar-refractivity contribution in [3.63, 3.8) is 0 Å². The van der Waals surface area contributed by atoms with E-state index in [2.05, 4.69) is 10.6 Å². The number of hydrogen-bond donors (Lipinski definition) is 3. The number of anilines is 1. The number of aliphatic hydroxyl groups excluding tert-OH is 1. The van der Waals surface area contributed by atoms with Crippen molar-refractivity contribution in [3.8, 4) is 0 Å². The lowest BCUT2D eigenvalue weighted by atomic mass is 10.0. The second-order valence-electron chi connectivity index (χ2n) is 7.20. The van der Waals surface area contributed by atoms with E-state index in [9.17, 15) is 19.1 Å². The summed E-state index contributed by atoms with van der Waals surface area (Å²) in [6, 6.07) is 12.2. The van der Waals surface area contributed by atoms with Gasteiger partial charge in [-0.25, -0.2) is 4.39 Å². The minimum Gasteiger partial charge on any atom is -0.387 e. The number of hydrogen-bond acceptors (Lipinski definition) is 4. The number of halogens is 1. The van der Waals surface area contributed by atoms with Gasteiger partial charge >= 0.3 is 0 Å². The first-order valence-electron chi connectivity index (χ1n) is 9.52. The third-order valence-corrected chi connectivity index (χ3v) is 4.38. The molecule has 0 bridgehead atoms. The fraction of sp³-hybridized carbons (Fsp3) is 0.304. The van der Waals surface area contributed by atoms with E-state index in [1.807, 2.05) is 13.8 Å². The summed E-state index contributed by atoms with van der Waals surface area (Å²) in [6.45, 7) is 5.85. The van der Waals surface area contributed by atoms with Gasteiger partial charge in [-0.2, -0.15) is 0 Å². The van der Waals surface area contributed by atoms with Crippen LogP contribution in [0, 0.1) is 5.82 Å². The maximum Gasteiger partial charge on any atom is 0.248 e. The molecule has 0 aromatic heterocycles. The smallest absolute Gasteiger partial charge is 0.248 e. The van der Waals surface area contributed by atoms with Crippen molar-refractivity contribution in [1.82, 2.24) is 5.32 Å². The molecule has 6 heteroatoms. The summed E-state index contributed by atoms with van der Waals surface area (Å²) in [6.07, 6.45) is 0.928. The van der Waals surface area contributed by atoms with Gasteiger partial charge in [-0.05, 0) is 50.6 Å². The van der Waals surface area contributed by atoms with Gasteiger partial charge in [0.05, 0.1) is 6.10 Å². The van der Waals surface area contributed by atoms with Crippen molar-refractivity contribution in [2.24, 2.45) is 0 Å². The largest absolute Gasteiger partial charge is 0.387 e. The Morgan fingerprint density at radius 3 is 2.48 bits per heavy atom. The van der Waals surface area contributed by atoms with Crippen molar-refractivity contribution >= 4 is 17.4 Å². The van der Waals surface area contributed by atoms with Crippen LogP contribution in [0.2, 0.25) is 0 Å². The SMILES string of the molecule is CC(C)=CC(=O)Nc1cccc(C(=O)CCNC(C)C(O)c2ccc(F)cc2)c1. The Morgan fingerprint density at radius 2 is 1.83 bits per heavy atom. The van der Waals surface area contributed by atoms with E-state index in [-0.39, 0.29) is 30.0 Å². The van der Waals surface area contributed by atoms with Crippen LogP contribution in [0.3, 0.4) is 0 Å². The number of carbonyl (C=O) groups excluding carboxylic acids is 2. The zero-order valence-electron chi connectivity index (χ0n) is 16.9. The first kappa shape index (κ1) is 22.5. The molecule has 29 heavy (non-hydrogen) atoms. The Balaban J connectivity index is 1.87. The summed E-state index contributed by atoms with van der Waals surface area (Å²) >= 11 is 0. The van der Waals surface area contributed by atoms with Gasteiger partial charge < -0.3 is 15.7 Å². The fourth-order valence-corrected chi connectivity index (χ4v) is 2.83. The van der Waals surface area contributed by atoms with Crippen molar-refractivity contribution < 1.29 is 19.1 Å². The molecule has 0 spiro atoms. The molecule has 5 nitrogen and oxygen atoms in total. The zero-order chi connectivity index (χ0) is 21.4. The highest BCUT2D eigenvalue weighted by atomic mass is 19.1. The van der Waals surface area contributed by atoms with Gasteiger partial charge in [0.2, 0.25) is 5.91 Å². The van der Waals surface area contributed by atoms with Crippen LogP contribution in [-0.4, -0.2) is 29.4 Å².